The average molecular weight is 538 g/mol. The Bertz CT molecular complexity index is 1220. The van der Waals surface area contributed by atoms with Gasteiger partial charge in [-0.2, -0.15) is 6.08 Å². The maximum atomic E-state index is 2.99. The molecular weight excluding hydrogens is 500 g/mol. The van der Waals surface area contributed by atoms with Crippen molar-refractivity contribution in [2.75, 3.05) is 0 Å². The van der Waals surface area contributed by atoms with Crippen molar-refractivity contribution in [1.29, 1.82) is 0 Å². The van der Waals surface area contributed by atoms with E-state index in [0.717, 1.165) is 12.8 Å². The van der Waals surface area contributed by atoms with Gasteiger partial charge < -0.3 is 0 Å². The Labute approximate surface area is 227 Å². The zero-order valence-corrected chi connectivity index (χ0v) is 24.6. The summed E-state index contributed by atoms with van der Waals surface area (Å²) < 4.78 is 2.25. The SMILES string of the molecule is CC(C)(C)c1ccc2[cH-]c3ccc(C(C)(C)C)cc3c2c1.[C-]1=CC=CC1.[Zr+2]=[CH]Cc1ccccc1. The molecule has 1 aliphatic rings. The molecule has 0 nitrogen and oxygen atoms in total. The third-order valence-electron chi connectivity index (χ3n) is 6.21. The molecule has 0 heterocycles. The van der Waals surface area contributed by atoms with Crippen molar-refractivity contribution < 1.29 is 24.2 Å². The Morgan fingerprint density at radius 3 is 1.71 bits per heavy atom. The molecule has 0 fully saturated rings. The third kappa shape index (κ3) is 7.88. The number of hydrogen-bond donors (Lipinski definition) is 0. The van der Waals surface area contributed by atoms with Crippen LogP contribution >= 0.6 is 0 Å². The second-order valence-electron chi connectivity index (χ2n) is 11.1. The molecule has 0 N–H and O–H groups in total. The molecule has 0 saturated carbocycles. The van der Waals surface area contributed by atoms with E-state index in [1.54, 1.807) is 0 Å². The summed E-state index contributed by atoms with van der Waals surface area (Å²) in [5, 5.41) is 5.49. The number of fused-ring (bicyclic) bond motifs is 3. The fourth-order valence-corrected chi connectivity index (χ4v) is 4.58. The van der Waals surface area contributed by atoms with Gasteiger partial charge in [-0.15, -0.1) is 46.2 Å². The van der Waals surface area contributed by atoms with E-state index >= 15 is 0 Å². The molecule has 0 aliphatic heterocycles. The third-order valence-corrected chi connectivity index (χ3v) is 6.71. The molecule has 4 aromatic rings. The van der Waals surface area contributed by atoms with Crippen LogP contribution in [0.3, 0.4) is 0 Å². The van der Waals surface area contributed by atoms with Gasteiger partial charge in [-0.3, -0.25) is 6.08 Å². The summed E-state index contributed by atoms with van der Waals surface area (Å²) in [4.78, 5) is 0. The Hall–Kier alpha value is -2.24. The van der Waals surface area contributed by atoms with Crippen LogP contribution in [0.15, 0.2) is 91.0 Å². The van der Waals surface area contributed by atoms with Crippen LogP contribution in [0.2, 0.25) is 0 Å². The van der Waals surface area contributed by atoms with Crippen LogP contribution in [-0.2, 0) is 41.5 Å². The molecule has 0 radical (unpaired) electrons. The van der Waals surface area contributed by atoms with Crippen LogP contribution in [0, 0.1) is 6.08 Å². The van der Waals surface area contributed by atoms with Crippen LogP contribution in [0.5, 0.6) is 0 Å². The quantitative estimate of drug-likeness (QED) is 0.224. The average Bonchev–Trinajstić information content (AvgIpc) is 3.50. The number of benzene rings is 3. The topological polar surface area (TPSA) is 0 Å². The van der Waals surface area contributed by atoms with Gasteiger partial charge in [0.15, 0.2) is 0 Å². The van der Waals surface area contributed by atoms with Crippen molar-refractivity contribution >= 4 is 25.3 Å². The first-order valence-electron chi connectivity index (χ1n) is 12.5. The van der Waals surface area contributed by atoms with Crippen LogP contribution in [-0.4, -0.2) is 3.71 Å². The van der Waals surface area contributed by atoms with Crippen molar-refractivity contribution in [3.8, 4) is 0 Å². The van der Waals surface area contributed by atoms with Crippen molar-refractivity contribution in [2.45, 2.75) is 65.2 Å². The van der Waals surface area contributed by atoms with Crippen LogP contribution in [0.4, 0.5) is 0 Å². The van der Waals surface area contributed by atoms with Gasteiger partial charge in [-0.05, 0) is 10.8 Å². The molecule has 0 spiro atoms. The molecular formula is C34H38Zr. The molecule has 0 atom stereocenters. The van der Waals surface area contributed by atoms with Crippen molar-refractivity contribution in [3.63, 3.8) is 0 Å². The van der Waals surface area contributed by atoms with Crippen molar-refractivity contribution in [3.05, 3.63) is 114 Å². The van der Waals surface area contributed by atoms with Crippen LogP contribution in [0.25, 0.3) is 21.5 Å². The zero-order valence-electron chi connectivity index (χ0n) is 22.2. The number of allylic oxidation sites excluding steroid dienone is 4. The monoisotopic (exact) mass is 536 g/mol. The second kappa shape index (κ2) is 12.1. The summed E-state index contributed by atoms with van der Waals surface area (Å²) in [6.07, 6.45) is 11.1. The fourth-order valence-electron chi connectivity index (χ4n) is 4.00. The van der Waals surface area contributed by atoms with Gasteiger partial charge in [0.05, 0.1) is 0 Å². The minimum absolute atomic E-state index is 0.194. The van der Waals surface area contributed by atoms with E-state index in [1.807, 2.05) is 18.2 Å². The van der Waals surface area contributed by atoms with Crippen LogP contribution < -0.4 is 0 Å². The molecule has 5 rings (SSSR count). The summed E-state index contributed by atoms with van der Waals surface area (Å²) >= 11 is 1.51. The summed E-state index contributed by atoms with van der Waals surface area (Å²) in [6.45, 7) is 13.7. The van der Waals surface area contributed by atoms with E-state index in [-0.39, 0.29) is 10.8 Å². The zero-order chi connectivity index (χ0) is 25.5. The number of hydrogen-bond acceptors (Lipinski definition) is 0. The van der Waals surface area contributed by atoms with Gasteiger partial charge in [0, 0.05) is 0 Å². The molecule has 1 heteroatoms. The van der Waals surface area contributed by atoms with E-state index in [0.29, 0.717) is 0 Å². The summed E-state index contributed by atoms with van der Waals surface area (Å²) in [5.74, 6) is 0. The molecule has 178 valence electrons. The minimum atomic E-state index is 0.194. The summed E-state index contributed by atoms with van der Waals surface area (Å²) in [5.41, 5.74) is 4.61. The molecule has 0 aromatic heterocycles. The van der Waals surface area contributed by atoms with Gasteiger partial charge in [-0.25, -0.2) is 12.2 Å². The van der Waals surface area contributed by atoms with E-state index in [1.165, 1.54) is 62.5 Å². The normalized spacial score (nSPS) is 12.8. The second-order valence-corrected chi connectivity index (χ2v) is 12.1. The standard InChI is InChI=1S/C21H25.C8H8.C5H5.Zr/c1-20(2,3)16-9-7-14-11-15-8-10-17(21(4,5)6)13-19(15)18(14)12-16;1-2-8-6-4-3-5-7-8;1-2-4-5-3-1;/h7-13H,1-6H3;1,3-7H,2H2;1-3H,4H2;/q-1;;-1;+2. The molecule has 0 saturated heterocycles. The Kier molecular flexibility index (Phi) is 9.49. The van der Waals surface area contributed by atoms with E-state index in [4.69, 9.17) is 0 Å². The summed E-state index contributed by atoms with van der Waals surface area (Å²) in [6, 6.07) is 26.7. The van der Waals surface area contributed by atoms with E-state index < -0.39 is 0 Å². The predicted octanol–water partition coefficient (Wildman–Crippen LogP) is 9.19. The molecule has 0 bridgehead atoms. The first-order valence-corrected chi connectivity index (χ1v) is 13.9. The molecule has 35 heavy (non-hydrogen) atoms. The van der Waals surface area contributed by atoms with Gasteiger partial charge in [-0.1, -0.05) is 76.9 Å². The van der Waals surface area contributed by atoms with Crippen LogP contribution in [0.1, 0.15) is 64.7 Å². The summed E-state index contributed by atoms with van der Waals surface area (Å²) in [7, 11) is 0. The van der Waals surface area contributed by atoms with Crippen molar-refractivity contribution in [1.82, 2.24) is 0 Å². The molecule has 0 amide bonds. The first-order chi connectivity index (χ1) is 16.6. The predicted molar refractivity (Wildman–Crippen MR) is 152 cm³/mol. The van der Waals surface area contributed by atoms with Gasteiger partial charge >= 0.3 is 70.3 Å². The Morgan fingerprint density at radius 1 is 0.800 bits per heavy atom. The molecule has 4 aromatic carbocycles. The number of rotatable bonds is 2. The van der Waals surface area contributed by atoms with Gasteiger partial charge in [0.25, 0.3) is 0 Å². The Balaban J connectivity index is 0.000000199. The van der Waals surface area contributed by atoms with Crippen molar-refractivity contribution in [2.24, 2.45) is 0 Å². The first kappa shape index (κ1) is 27.4. The fraction of sp³-hybridized carbons (Fsp3) is 0.294. The molecule has 0 unspecified atom stereocenters. The van der Waals surface area contributed by atoms with E-state index in [2.05, 4.69) is 124 Å². The van der Waals surface area contributed by atoms with Gasteiger partial charge in [0.1, 0.15) is 0 Å². The van der Waals surface area contributed by atoms with E-state index in [9.17, 15) is 0 Å². The maximum absolute atomic E-state index is 2.99. The molecule has 1 aliphatic carbocycles. The Morgan fingerprint density at radius 2 is 1.34 bits per heavy atom. The van der Waals surface area contributed by atoms with Gasteiger partial charge in [0.2, 0.25) is 0 Å².